The Balaban J connectivity index is 1.51. The molecule has 1 aliphatic heterocycles. The summed E-state index contributed by atoms with van der Waals surface area (Å²) in [6.07, 6.45) is -4.82. The van der Waals surface area contributed by atoms with Gasteiger partial charge in [-0.2, -0.15) is 13.2 Å². The zero-order chi connectivity index (χ0) is 24.9. The van der Waals surface area contributed by atoms with E-state index in [0.29, 0.717) is 5.75 Å². The highest BCUT2D eigenvalue weighted by Gasteiger charge is 2.37. The topological polar surface area (TPSA) is 114 Å². The van der Waals surface area contributed by atoms with Gasteiger partial charge in [-0.1, -0.05) is 18.2 Å². The zero-order valence-electron chi connectivity index (χ0n) is 17.8. The van der Waals surface area contributed by atoms with Gasteiger partial charge in [-0.25, -0.2) is 0 Å². The van der Waals surface area contributed by atoms with E-state index >= 15 is 0 Å². The van der Waals surface area contributed by atoms with Gasteiger partial charge in [0.1, 0.15) is 5.75 Å². The monoisotopic (exact) mass is 479 g/mol. The zero-order valence-corrected chi connectivity index (χ0v) is 17.8. The molecule has 12 heteroatoms. The number of nitrogens with zero attached hydrogens (tertiary/aromatic N) is 1. The Hall–Kier alpha value is -4.09. The average Bonchev–Trinajstić information content (AvgIpc) is 3.17. The van der Waals surface area contributed by atoms with E-state index in [4.69, 9.17) is 9.47 Å². The number of methoxy groups -OCH3 is 1. The number of anilines is 1. The average molecular weight is 479 g/mol. The van der Waals surface area contributed by atoms with Gasteiger partial charge in [-0.05, 0) is 30.3 Å². The van der Waals surface area contributed by atoms with Crippen LogP contribution < -0.4 is 15.5 Å². The minimum Gasteiger partial charge on any atom is -0.496 e. The van der Waals surface area contributed by atoms with E-state index in [0.717, 1.165) is 23.2 Å². The molecule has 3 amide bonds. The van der Waals surface area contributed by atoms with Crippen molar-refractivity contribution in [1.29, 1.82) is 0 Å². The second kappa shape index (κ2) is 10.2. The van der Waals surface area contributed by atoms with Crippen LogP contribution in [0.3, 0.4) is 0 Å². The normalized spacial score (nSPS) is 15.6. The third-order valence-corrected chi connectivity index (χ3v) is 4.87. The molecule has 2 aromatic carbocycles. The molecule has 3 rings (SSSR count). The molecule has 2 N–H and O–H groups in total. The number of esters is 1. The summed E-state index contributed by atoms with van der Waals surface area (Å²) in [5.74, 6) is -3.49. The smallest absolute Gasteiger partial charge is 0.416 e. The number of carbonyl (C=O) groups excluding carboxylic acids is 4. The number of carbonyl (C=O) groups is 4. The molecule has 0 aromatic heterocycles. The molecule has 34 heavy (non-hydrogen) atoms. The molecule has 1 fully saturated rings. The van der Waals surface area contributed by atoms with Crippen molar-refractivity contribution in [3.63, 3.8) is 0 Å². The largest absolute Gasteiger partial charge is 0.496 e. The number of hydrazine groups is 1. The first-order valence-corrected chi connectivity index (χ1v) is 9.96. The second-order valence-corrected chi connectivity index (χ2v) is 7.28. The van der Waals surface area contributed by atoms with Crippen molar-refractivity contribution in [2.24, 2.45) is 5.92 Å². The molecule has 1 saturated heterocycles. The van der Waals surface area contributed by atoms with Gasteiger partial charge < -0.3 is 14.8 Å². The molecule has 9 nitrogen and oxygen atoms in total. The van der Waals surface area contributed by atoms with Crippen LogP contribution in [0.4, 0.5) is 18.9 Å². The Bertz CT molecular complexity index is 1110. The van der Waals surface area contributed by atoms with Crippen molar-refractivity contribution in [1.82, 2.24) is 10.4 Å². The van der Waals surface area contributed by atoms with E-state index in [9.17, 15) is 32.3 Å². The Morgan fingerprint density at radius 2 is 1.85 bits per heavy atom. The Morgan fingerprint density at radius 3 is 2.56 bits per heavy atom. The van der Waals surface area contributed by atoms with Crippen LogP contribution >= 0.6 is 0 Å². The number of alkyl halides is 3. The highest BCUT2D eigenvalue weighted by Crippen LogP contribution is 2.30. The van der Waals surface area contributed by atoms with Gasteiger partial charge in [0, 0.05) is 12.1 Å². The first kappa shape index (κ1) is 24.6. The number of benzene rings is 2. The Labute approximate surface area is 191 Å². The molecule has 1 atom stereocenters. The Kier molecular flexibility index (Phi) is 7.39. The third kappa shape index (κ3) is 6.03. The van der Waals surface area contributed by atoms with E-state index in [1.807, 2.05) is 0 Å². The molecule has 0 aliphatic carbocycles. The van der Waals surface area contributed by atoms with Gasteiger partial charge in [-0.3, -0.25) is 29.6 Å². The molecule has 0 saturated carbocycles. The summed E-state index contributed by atoms with van der Waals surface area (Å²) >= 11 is 0. The SMILES string of the molecule is COc1ccccc1C(=O)NN1C[C@@H](C(=O)OCC(=O)Nc2cccc(C(F)(F)F)c2)CC1=O. The fourth-order valence-electron chi connectivity index (χ4n) is 3.21. The number of amides is 3. The van der Waals surface area contributed by atoms with Gasteiger partial charge in [0.2, 0.25) is 5.91 Å². The molecule has 1 aliphatic rings. The van der Waals surface area contributed by atoms with Gasteiger partial charge in [0.25, 0.3) is 11.8 Å². The highest BCUT2D eigenvalue weighted by atomic mass is 19.4. The van der Waals surface area contributed by atoms with Crippen molar-refractivity contribution in [2.45, 2.75) is 12.6 Å². The van der Waals surface area contributed by atoms with Crippen LogP contribution in [0.1, 0.15) is 22.3 Å². The third-order valence-electron chi connectivity index (χ3n) is 4.87. The summed E-state index contributed by atoms with van der Waals surface area (Å²) < 4.78 is 48.3. The maximum Gasteiger partial charge on any atom is 0.416 e. The molecule has 0 spiro atoms. The van der Waals surface area contributed by atoms with Gasteiger partial charge in [0.05, 0.1) is 30.7 Å². The number of halogens is 3. The van der Waals surface area contributed by atoms with E-state index in [-0.39, 0.29) is 24.2 Å². The maximum absolute atomic E-state index is 12.8. The number of hydrogen-bond donors (Lipinski definition) is 2. The Morgan fingerprint density at radius 1 is 1.12 bits per heavy atom. The lowest BCUT2D eigenvalue weighted by Gasteiger charge is -2.18. The van der Waals surface area contributed by atoms with Crippen LogP contribution in [-0.2, 0) is 25.3 Å². The molecular formula is C22H20F3N3O6. The number of hydrogen-bond acceptors (Lipinski definition) is 6. The summed E-state index contributed by atoms with van der Waals surface area (Å²) in [5.41, 5.74) is 1.54. The van der Waals surface area contributed by atoms with Crippen molar-refractivity contribution in [3.8, 4) is 5.75 Å². The van der Waals surface area contributed by atoms with Crippen LogP contribution in [-0.4, -0.2) is 49.0 Å². The number of nitrogens with one attached hydrogen (secondary N) is 2. The lowest BCUT2D eigenvalue weighted by atomic mass is 10.1. The van der Waals surface area contributed by atoms with Crippen LogP contribution in [0.15, 0.2) is 48.5 Å². The summed E-state index contributed by atoms with van der Waals surface area (Å²) in [6.45, 7) is -0.929. The minimum atomic E-state index is -4.57. The van der Waals surface area contributed by atoms with Gasteiger partial charge in [-0.15, -0.1) is 0 Å². The van der Waals surface area contributed by atoms with Gasteiger partial charge >= 0.3 is 12.1 Å². The molecule has 1 heterocycles. The van der Waals surface area contributed by atoms with E-state index in [2.05, 4.69) is 10.7 Å². The van der Waals surface area contributed by atoms with Crippen molar-refractivity contribution < 1.29 is 41.8 Å². The standard InChI is InChI=1S/C22H20F3N3O6/c1-33-17-8-3-2-7-16(17)20(31)27-28-11-13(9-19(28)30)21(32)34-12-18(29)26-15-6-4-5-14(10-15)22(23,24)25/h2-8,10,13H,9,11-12H2,1H3,(H,26,29)(H,27,31)/t13-/m0/s1. The molecule has 0 bridgehead atoms. The summed E-state index contributed by atoms with van der Waals surface area (Å²) in [6, 6.07) is 10.4. The first-order chi connectivity index (χ1) is 16.1. The van der Waals surface area contributed by atoms with Crippen molar-refractivity contribution >= 4 is 29.4 Å². The van der Waals surface area contributed by atoms with Crippen molar-refractivity contribution in [2.75, 3.05) is 25.6 Å². The molecular weight excluding hydrogens is 459 g/mol. The number of para-hydroxylation sites is 1. The van der Waals surface area contributed by atoms with Crippen molar-refractivity contribution in [3.05, 3.63) is 59.7 Å². The number of rotatable bonds is 7. The minimum absolute atomic E-state index is 0.114. The highest BCUT2D eigenvalue weighted by molar-refractivity contribution is 5.98. The van der Waals surface area contributed by atoms with Crippen LogP contribution in [0.5, 0.6) is 5.75 Å². The molecule has 180 valence electrons. The van der Waals surface area contributed by atoms with E-state index < -0.39 is 48.0 Å². The maximum atomic E-state index is 12.8. The number of ether oxygens (including phenoxy) is 2. The summed E-state index contributed by atoms with van der Waals surface area (Å²) in [4.78, 5) is 48.9. The van der Waals surface area contributed by atoms with E-state index in [1.165, 1.54) is 19.2 Å². The fraction of sp³-hybridized carbons (Fsp3) is 0.273. The quantitative estimate of drug-likeness (QED) is 0.590. The second-order valence-electron chi connectivity index (χ2n) is 7.28. The first-order valence-electron chi connectivity index (χ1n) is 9.96. The summed E-state index contributed by atoms with van der Waals surface area (Å²) in [5, 5.41) is 3.19. The molecule has 0 radical (unpaired) electrons. The van der Waals surface area contributed by atoms with E-state index in [1.54, 1.807) is 18.2 Å². The van der Waals surface area contributed by atoms with Crippen LogP contribution in [0.25, 0.3) is 0 Å². The van der Waals surface area contributed by atoms with Crippen LogP contribution in [0, 0.1) is 5.92 Å². The lowest BCUT2D eigenvalue weighted by Crippen LogP contribution is -2.43. The molecule has 2 aromatic rings. The predicted octanol–water partition coefficient (Wildman–Crippen LogP) is 2.39. The molecule has 0 unspecified atom stereocenters. The predicted molar refractivity (Wildman–Crippen MR) is 111 cm³/mol. The summed E-state index contributed by atoms with van der Waals surface area (Å²) in [7, 11) is 1.39. The van der Waals surface area contributed by atoms with Gasteiger partial charge in [0.15, 0.2) is 6.61 Å². The lowest BCUT2D eigenvalue weighted by molar-refractivity contribution is -0.151. The fourth-order valence-corrected chi connectivity index (χ4v) is 3.21. The van der Waals surface area contributed by atoms with Crippen LogP contribution in [0.2, 0.25) is 0 Å².